The number of carbonyl (C=O) groups is 2. The van der Waals surface area contributed by atoms with Gasteiger partial charge in [-0.3, -0.25) is 9.59 Å². The van der Waals surface area contributed by atoms with E-state index in [0.717, 1.165) is 23.4 Å². The van der Waals surface area contributed by atoms with Gasteiger partial charge in [-0.25, -0.2) is 5.01 Å². The van der Waals surface area contributed by atoms with Crippen molar-refractivity contribution in [3.63, 3.8) is 0 Å². The second-order valence-corrected chi connectivity index (χ2v) is 7.35. The second-order valence-electron chi connectivity index (χ2n) is 7.35. The Hall–Kier alpha value is -3.36. The van der Waals surface area contributed by atoms with Gasteiger partial charge in [-0.1, -0.05) is 30.3 Å². The predicted octanol–water partition coefficient (Wildman–Crippen LogP) is 4.13. The van der Waals surface area contributed by atoms with Gasteiger partial charge in [0, 0.05) is 33.4 Å². The summed E-state index contributed by atoms with van der Waals surface area (Å²) in [6, 6.07) is 12.7. The molecule has 1 aliphatic rings. The van der Waals surface area contributed by atoms with Gasteiger partial charge in [-0.2, -0.15) is 18.3 Å². The van der Waals surface area contributed by atoms with Crippen LogP contribution in [0.4, 0.5) is 24.5 Å². The number of benzene rings is 2. The molecule has 2 amide bonds. The molecule has 0 unspecified atom stereocenters. The van der Waals surface area contributed by atoms with E-state index in [1.54, 1.807) is 19.0 Å². The highest BCUT2D eigenvalue weighted by molar-refractivity contribution is 6.03. The highest BCUT2D eigenvalue weighted by Crippen LogP contribution is 2.35. The smallest absolute Gasteiger partial charge is 0.376 e. The van der Waals surface area contributed by atoms with Crippen molar-refractivity contribution in [2.75, 3.05) is 30.9 Å². The van der Waals surface area contributed by atoms with E-state index in [9.17, 15) is 22.8 Å². The van der Waals surface area contributed by atoms with E-state index in [1.807, 2.05) is 30.3 Å². The Bertz CT molecular complexity index is 988. The van der Waals surface area contributed by atoms with Crippen LogP contribution in [0.15, 0.2) is 53.6 Å². The fraction of sp³-hybridized carbons (Fsp3) is 0.318. The Labute approximate surface area is 178 Å². The number of anilines is 2. The number of hydrogen-bond acceptors (Lipinski definition) is 4. The first-order valence-corrected chi connectivity index (χ1v) is 9.77. The van der Waals surface area contributed by atoms with Crippen molar-refractivity contribution >= 4 is 28.9 Å². The van der Waals surface area contributed by atoms with Gasteiger partial charge in [0.05, 0.1) is 29.2 Å². The normalized spacial score (nSPS) is 13.7. The maximum Gasteiger partial charge on any atom is 0.416 e. The summed E-state index contributed by atoms with van der Waals surface area (Å²) >= 11 is 0. The largest absolute Gasteiger partial charge is 0.416 e. The summed E-state index contributed by atoms with van der Waals surface area (Å²) in [5.41, 5.74) is 1.37. The number of rotatable bonds is 6. The average molecular weight is 432 g/mol. The lowest BCUT2D eigenvalue weighted by atomic mass is 10.1. The second kappa shape index (κ2) is 9.20. The summed E-state index contributed by atoms with van der Waals surface area (Å²) in [5.74, 6) is -0.847. The maximum absolute atomic E-state index is 13.0. The molecule has 0 radical (unpaired) electrons. The van der Waals surface area contributed by atoms with Crippen molar-refractivity contribution in [2.24, 2.45) is 5.10 Å². The number of nitrogens with one attached hydrogen (secondary N) is 1. The topological polar surface area (TPSA) is 65.0 Å². The SMILES string of the molecule is CN(C)c1ccc(C(F)(F)F)cc1NC(=O)CCC(=O)N1CCC(c2ccccc2)=N1. The fourth-order valence-corrected chi connectivity index (χ4v) is 3.24. The molecule has 0 bridgehead atoms. The first-order chi connectivity index (χ1) is 14.6. The quantitative estimate of drug-likeness (QED) is 0.747. The lowest BCUT2D eigenvalue weighted by Gasteiger charge is -2.20. The molecule has 0 aliphatic carbocycles. The van der Waals surface area contributed by atoms with Gasteiger partial charge in [0.15, 0.2) is 0 Å². The van der Waals surface area contributed by atoms with E-state index in [4.69, 9.17) is 0 Å². The Kier molecular flexibility index (Phi) is 6.62. The predicted molar refractivity (Wildman–Crippen MR) is 113 cm³/mol. The zero-order chi connectivity index (χ0) is 22.6. The fourth-order valence-electron chi connectivity index (χ4n) is 3.24. The molecule has 1 heterocycles. The van der Waals surface area contributed by atoms with E-state index in [1.165, 1.54) is 11.1 Å². The number of carbonyl (C=O) groups excluding carboxylic acids is 2. The van der Waals surface area contributed by atoms with Crippen molar-refractivity contribution in [1.82, 2.24) is 5.01 Å². The van der Waals surface area contributed by atoms with Crippen LogP contribution in [0.1, 0.15) is 30.4 Å². The molecule has 1 aliphatic heterocycles. The summed E-state index contributed by atoms with van der Waals surface area (Å²) in [6.07, 6.45) is -4.15. The van der Waals surface area contributed by atoms with Crippen LogP contribution in [0.3, 0.4) is 0 Å². The standard InChI is InChI=1S/C22H23F3N4O2/c1-28(2)19-9-8-16(22(23,24)25)14-18(19)26-20(30)10-11-21(31)29-13-12-17(27-29)15-6-4-3-5-7-15/h3-9,14H,10-13H2,1-2H3,(H,26,30). The lowest BCUT2D eigenvalue weighted by molar-refractivity contribution is -0.137. The first-order valence-electron chi connectivity index (χ1n) is 9.77. The number of nitrogens with zero attached hydrogens (tertiary/aromatic N) is 3. The van der Waals surface area contributed by atoms with E-state index >= 15 is 0 Å². The minimum atomic E-state index is -4.52. The lowest BCUT2D eigenvalue weighted by Crippen LogP contribution is -2.25. The van der Waals surface area contributed by atoms with Gasteiger partial charge in [0.25, 0.3) is 0 Å². The molecule has 31 heavy (non-hydrogen) atoms. The van der Waals surface area contributed by atoms with Crippen LogP contribution < -0.4 is 10.2 Å². The molecule has 0 fully saturated rings. The van der Waals surface area contributed by atoms with E-state index in [0.29, 0.717) is 18.7 Å². The average Bonchev–Trinajstić information content (AvgIpc) is 3.22. The minimum absolute atomic E-state index is 0.0443. The van der Waals surface area contributed by atoms with E-state index in [-0.39, 0.29) is 24.4 Å². The molecule has 9 heteroatoms. The van der Waals surface area contributed by atoms with Gasteiger partial charge in [-0.05, 0) is 23.8 Å². The Morgan fingerprint density at radius 3 is 2.45 bits per heavy atom. The number of amides is 2. The highest BCUT2D eigenvalue weighted by atomic mass is 19.4. The molecule has 0 aromatic heterocycles. The Balaban J connectivity index is 1.61. The summed E-state index contributed by atoms with van der Waals surface area (Å²) < 4.78 is 39.1. The van der Waals surface area contributed by atoms with Crippen LogP contribution in [0, 0.1) is 0 Å². The molecular weight excluding hydrogens is 409 g/mol. The molecule has 0 saturated carbocycles. The summed E-state index contributed by atoms with van der Waals surface area (Å²) in [4.78, 5) is 26.4. The number of hydrazone groups is 1. The minimum Gasteiger partial charge on any atom is -0.376 e. The third-order valence-corrected chi connectivity index (χ3v) is 4.84. The van der Waals surface area contributed by atoms with Gasteiger partial charge in [0.2, 0.25) is 11.8 Å². The molecule has 164 valence electrons. The zero-order valence-corrected chi connectivity index (χ0v) is 17.2. The number of halogens is 3. The maximum atomic E-state index is 13.0. The van der Waals surface area contributed by atoms with Crippen LogP contribution in [-0.4, -0.2) is 43.2 Å². The third kappa shape index (κ3) is 5.62. The van der Waals surface area contributed by atoms with Gasteiger partial charge in [0.1, 0.15) is 0 Å². The molecule has 0 saturated heterocycles. The zero-order valence-electron chi connectivity index (χ0n) is 17.2. The monoisotopic (exact) mass is 432 g/mol. The van der Waals surface area contributed by atoms with E-state index < -0.39 is 17.6 Å². The number of hydrogen-bond donors (Lipinski definition) is 1. The summed E-state index contributed by atoms with van der Waals surface area (Å²) in [5, 5.41) is 8.17. The summed E-state index contributed by atoms with van der Waals surface area (Å²) in [6.45, 7) is 0.434. The third-order valence-electron chi connectivity index (χ3n) is 4.84. The molecule has 6 nitrogen and oxygen atoms in total. The molecule has 2 aromatic rings. The van der Waals surface area contributed by atoms with E-state index in [2.05, 4.69) is 10.4 Å². The molecule has 0 atom stereocenters. The molecule has 1 N–H and O–H groups in total. The molecule has 3 rings (SSSR count). The van der Waals surface area contributed by atoms with Gasteiger partial charge >= 0.3 is 6.18 Å². The van der Waals surface area contributed by atoms with Crippen LogP contribution in [0.2, 0.25) is 0 Å². The van der Waals surface area contributed by atoms with Crippen molar-refractivity contribution in [1.29, 1.82) is 0 Å². The Morgan fingerprint density at radius 1 is 1.10 bits per heavy atom. The molecule has 0 spiro atoms. The Morgan fingerprint density at radius 2 is 1.81 bits per heavy atom. The van der Waals surface area contributed by atoms with Gasteiger partial charge in [-0.15, -0.1) is 0 Å². The van der Waals surface area contributed by atoms with Crippen LogP contribution in [0.25, 0.3) is 0 Å². The van der Waals surface area contributed by atoms with Crippen LogP contribution in [-0.2, 0) is 15.8 Å². The van der Waals surface area contributed by atoms with Gasteiger partial charge < -0.3 is 10.2 Å². The van der Waals surface area contributed by atoms with Crippen LogP contribution >= 0.6 is 0 Å². The van der Waals surface area contributed by atoms with Crippen molar-refractivity contribution in [2.45, 2.75) is 25.4 Å². The van der Waals surface area contributed by atoms with Crippen molar-refractivity contribution in [3.05, 3.63) is 59.7 Å². The highest BCUT2D eigenvalue weighted by Gasteiger charge is 2.31. The van der Waals surface area contributed by atoms with Crippen molar-refractivity contribution in [3.8, 4) is 0 Å². The van der Waals surface area contributed by atoms with Crippen molar-refractivity contribution < 1.29 is 22.8 Å². The number of alkyl halides is 3. The van der Waals surface area contributed by atoms with Crippen LogP contribution in [0.5, 0.6) is 0 Å². The molecule has 2 aromatic carbocycles. The first kappa shape index (κ1) is 22.3. The summed E-state index contributed by atoms with van der Waals surface area (Å²) in [7, 11) is 3.33. The molecular formula is C22H23F3N4O2.